The molecule has 55 heavy (non-hydrogen) atoms. The normalized spacial score (nSPS) is 20.2. The highest BCUT2D eigenvalue weighted by Gasteiger charge is 2.60. The first kappa shape index (κ1) is 38.3. The van der Waals surface area contributed by atoms with Crippen LogP contribution in [0.25, 0.3) is 22.6 Å². The van der Waals surface area contributed by atoms with Crippen LogP contribution in [0, 0.1) is 16.6 Å². The molecule has 2 fully saturated rings. The van der Waals surface area contributed by atoms with Crippen molar-refractivity contribution in [2.24, 2.45) is 21.6 Å². The quantitative estimate of drug-likeness (QED) is 0.108. The van der Waals surface area contributed by atoms with E-state index in [4.69, 9.17) is 22.1 Å². The van der Waals surface area contributed by atoms with Crippen LogP contribution in [-0.4, -0.2) is 65.0 Å². The number of nitrogens with two attached hydrogens (primary N) is 1. The molecule has 1 aliphatic heterocycles. The smallest absolute Gasteiger partial charge is 0.335 e. The zero-order valence-electron chi connectivity index (χ0n) is 30.4. The van der Waals surface area contributed by atoms with Gasteiger partial charge in [0.1, 0.15) is 24.4 Å². The summed E-state index contributed by atoms with van der Waals surface area (Å²) in [5.74, 6) is -6.25. The van der Waals surface area contributed by atoms with Crippen LogP contribution in [-0.2, 0) is 19.9 Å². The number of esters is 1. The van der Waals surface area contributed by atoms with E-state index in [1.807, 2.05) is 20.8 Å². The van der Waals surface area contributed by atoms with Gasteiger partial charge in [0.25, 0.3) is 11.8 Å². The van der Waals surface area contributed by atoms with Crippen LogP contribution in [0.1, 0.15) is 96.0 Å². The van der Waals surface area contributed by atoms with Crippen LogP contribution >= 0.6 is 11.6 Å². The van der Waals surface area contributed by atoms with E-state index in [2.05, 4.69) is 25.3 Å². The lowest BCUT2D eigenvalue weighted by atomic mass is 9.75. The molecule has 2 atom stereocenters. The number of nitrogens with zero attached hydrogens (tertiary/aromatic N) is 8. The van der Waals surface area contributed by atoms with E-state index in [0.29, 0.717) is 15.9 Å². The number of benzene rings is 2. The number of carbonyl (C=O) groups is 2. The zero-order valence-corrected chi connectivity index (χ0v) is 31.2. The third kappa shape index (κ3) is 7.30. The molecule has 2 aromatic heterocycles. The molecule has 0 radical (unpaired) electrons. The first-order valence-electron chi connectivity index (χ1n) is 17.7. The van der Waals surface area contributed by atoms with Crippen molar-refractivity contribution in [3.63, 3.8) is 0 Å². The number of ether oxygens (including phenoxy) is 1. The average molecular weight is 788 g/mol. The summed E-state index contributed by atoms with van der Waals surface area (Å²) in [6, 6.07) is 7.43. The Kier molecular flexibility index (Phi) is 9.53. The number of hydrogen-bond donors (Lipinski definition) is 1. The van der Waals surface area contributed by atoms with Crippen molar-refractivity contribution >= 4 is 29.4 Å². The van der Waals surface area contributed by atoms with Gasteiger partial charge in [-0.15, -0.1) is 0 Å². The largest absolute Gasteiger partial charge is 0.463 e. The van der Waals surface area contributed by atoms with Crippen LogP contribution in [0.2, 0.25) is 5.02 Å². The monoisotopic (exact) mass is 787 g/mol. The summed E-state index contributed by atoms with van der Waals surface area (Å²) in [5.41, 5.74) is 3.47. The lowest BCUT2D eigenvalue weighted by Crippen LogP contribution is -2.47. The highest BCUT2D eigenvalue weighted by molar-refractivity contribution is 6.33. The van der Waals surface area contributed by atoms with Crippen LogP contribution in [0.4, 0.5) is 22.0 Å². The Hall–Kier alpha value is -4.93. The summed E-state index contributed by atoms with van der Waals surface area (Å²) < 4.78 is 79.0. The van der Waals surface area contributed by atoms with Crippen LogP contribution in [0.3, 0.4) is 0 Å². The molecular formula is C37H39ClF5N9O3. The van der Waals surface area contributed by atoms with Crippen molar-refractivity contribution < 1.29 is 36.3 Å². The first-order chi connectivity index (χ1) is 25.8. The second-order valence-electron chi connectivity index (χ2n) is 15.8. The SMILES string of the molecule is CC(C)(C)C[C@]1(c2ccc(-c3cnn(C4CC4)n3)cc2F)N=C(N)N([C@H](COC(=O)CC2(C(C)(F)F)CC2)c2ccc(Cl)c(-c3ncnn3C(F)F)c2)C1=O. The molecule has 0 unspecified atom stereocenters. The van der Waals surface area contributed by atoms with Crippen LogP contribution < -0.4 is 5.73 Å². The average Bonchev–Trinajstić information content (AvgIpc) is 3.97. The highest BCUT2D eigenvalue weighted by Crippen LogP contribution is 2.59. The Bertz CT molecular complexity index is 2170. The maximum atomic E-state index is 16.5. The summed E-state index contributed by atoms with van der Waals surface area (Å²) in [7, 11) is 0. The number of aromatic nitrogens is 6. The Morgan fingerprint density at radius 2 is 1.82 bits per heavy atom. The number of halogens is 6. The molecule has 4 aromatic rings. The minimum Gasteiger partial charge on any atom is -0.463 e. The summed E-state index contributed by atoms with van der Waals surface area (Å²) in [4.78, 5) is 39.4. The maximum absolute atomic E-state index is 16.5. The molecule has 12 nitrogen and oxygen atoms in total. The van der Waals surface area contributed by atoms with Gasteiger partial charge in [-0.05, 0) is 68.2 Å². The van der Waals surface area contributed by atoms with Gasteiger partial charge in [0.05, 0.1) is 29.7 Å². The third-order valence-corrected chi connectivity index (χ3v) is 10.7. The van der Waals surface area contributed by atoms with Gasteiger partial charge in [-0.1, -0.05) is 50.6 Å². The summed E-state index contributed by atoms with van der Waals surface area (Å²) >= 11 is 6.47. The van der Waals surface area contributed by atoms with E-state index in [9.17, 15) is 22.4 Å². The molecule has 292 valence electrons. The molecule has 2 N–H and O–H groups in total. The summed E-state index contributed by atoms with van der Waals surface area (Å²) in [6.07, 6.45) is 4.04. The molecule has 2 aliphatic carbocycles. The number of carbonyl (C=O) groups excluding carboxylic acids is 2. The number of guanidine groups is 1. The zero-order chi connectivity index (χ0) is 39.7. The van der Waals surface area contributed by atoms with E-state index in [1.54, 1.807) is 17.1 Å². The highest BCUT2D eigenvalue weighted by atomic mass is 35.5. The van der Waals surface area contributed by atoms with Gasteiger partial charge < -0.3 is 10.5 Å². The molecule has 2 saturated carbocycles. The lowest BCUT2D eigenvalue weighted by molar-refractivity contribution is -0.153. The third-order valence-electron chi connectivity index (χ3n) is 10.4. The van der Waals surface area contributed by atoms with E-state index in [1.165, 1.54) is 30.3 Å². The fraction of sp³-hybridized carbons (Fsp3) is 0.486. The fourth-order valence-corrected chi connectivity index (χ4v) is 7.40. The number of hydrogen-bond acceptors (Lipinski definition) is 9. The molecule has 0 saturated heterocycles. The number of rotatable bonds is 13. The number of alkyl halides is 4. The first-order valence-corrected chi connectivity index (χ1v) is 18.1. The van der Waals surface area contributed by atoms with Crippen molar-refractivity contribution in [3.05, 3.63) is 70.9 Å². The van der Waals surface area contributed by atoms with E-state index < -0.39 is 65.6 Å². The molecule has 0 spiro atoms. The molecule has 1 amide bonds. The predicted octanol–water partition coefficient (Wildman–Crippen LogP) is 7.62. The van der Waals surface area contributed by atoms with Crippen LogP contribution in [0.5, 0.6) is 0 Å². The van der Waals surface area contributed by atoms with E-state index >= 15 is 9.18 Å². The van der Waals surface area contributed by atoms with E-state index in [-0.39, 0.29) is 58.8 Å². The van der Waals surface area contributed by atoms with Gasteiger partial charge >= 0.3 is 12.5 Å². The van der Waals surface area contributed by atoms with Gasteiger partial charge in [-0.2, -0.15) is 33.6 Å². The molecule has 7 rings (SSSR count). The van der Waals surface area contributed by atoms with Crippen molar-refractivity contribution in [2.75, 3.05) is 6.61 Å². The van der Waals surface area contributed by atoms with E-state index in [0.717, 1.165) is 31.0 Å². The van der Waals surface area contributed by atoms with Crippen LogP contribution in [0.15, 0.2) is 53.9 Å². The van der Waals surface area contributed by atoms with Gasteiger partial charge in [-0.25, -0.2) is 23.1 Å². The standard InChI is InChI=1S/C37H39ClF5N9O3/c1-34(2,3)18-37(24-9-5-20(14-26(24)39)27-16-46-52(49-27)22-7-8-22)31(54)50(33(44)48-37)28(17-55-29(53)15-36(11-12-36)35(4,42)43)21-6-10-25(38)23(13-21)30-45-19-47-51(30)32(40)41/h5-6,9-10,13-14,16,19,22,28,32H,7-8,11-12,15,17-18H2,1-4H3,(H2,44,48)/t28-,37-/m1/s1. The topological polar surface area (TPSA) is 146 Å². The summed E-state index contributed by atoms with van der Waals surface area (Å²) in [5, 5.41) is 12.3. The van der Waals surface area contributed by atoms with Crippen molar-refractivity contribution in [3.8, 4) is 22.6 Å². The van der Waals surface area contributed by atoms with Crippen molar-refractivity contribution in [1.82, 2.24) is 34.7 Å². The Labute approximate surface area is 317 Å². The lowest BCUT2D eigenvalue weighted by Gasteiger charge is -2.35. The minimum atomic E-state index is -3.14. The Morgan fingerprint density at radius 1 is 1.09 bits per heavy atom. The molecule has 18 heteroatoms. The number of amides is 1. The Balaban J connectivity index is 1.28. The maximum Gasteiger partial charge on any atom is 0.335 e. The molecule has 3 aliphatic rings. The number of aliphatic imine (C=N–C) groups is 1. The van der Waals surface area contributed by atoms with Crippen molar-refractivity contribution in [2.45, 2.75) is 96.3 Å². The second kappa shape index (κ2) is 13.7. The molecule has 2 aromatic carbocycles. The van der Waals surface area contributed by atoms with Gasteiger partial charge in [0, 0.05) is 22.1 Å². The van der Waals surface area contributed by atoms with Crippen molar-refractivity contribution in [1.29, 1.82) is 0 Å². The Morgan fingerprint density at radius 3 is 2.44 bits per heavy atom. The fourth-order valence-electron chi connectivity index (χ4n) is 7.20. The van der Waals surface area contributed by atoms with Gasteiger partial charge in [-0.3, -0.25) is 14.5 Å². The molecule has 0 bridgehead atoms. The minimum absolute atomic E-state index is 0.000728. The molecular weight excluding hydrogens is 749 g/mol. The molecule has 3 heterocycles. The van der Waals surface area contributed by atoms with Gasteiger partial charge in [0.15, 0.2) is 17.3 Å². The second-order valence-corrected chi connectivity index (χ2v) is 16.2. The summed E-state index contributed by atoms with van der Waals surface area (Å²) in [6.45, 7) is 2.60. The predicted molar refractivity (Wildman–Crippen MR) is 190 cm³/mol. The van der Waals surface area contributed by atoms with Gasteiger partial charge in [0.2, 0.25) is 0 Å².